The molecular formula is C83H161NO5. The smallest absolute Gasteiger partial charge is 0.305 e. The van der Waals surface area contributed by atoms with Crippen LogP contribution >= 0.6 is 0 Å². The van der Waals surface area contributed by atoms with Gasteiger partial charge in [-0.2, -0.15) is 0 Å². The normalized spacial score (nSPS) is 12.5. The minimum Gasteiger partial charge on any atom is -0.466 e. The van der Waals surface area contributed by atoms with Crippen LogP contribution in [0, 0.1) is 0 Å². The molecule has 0 spiro atoms. The number of aliphatic hydroxyl groups excluding tert-OH is 2. The second-order valence-corrected chi connectivity index (χ2v) is 28.5. The summed E-state index contributed by atoms with van der Waals surface area (Å²) in [5.74, 6) is -0.0367. The van der Waals surface area contributed by atoms with E-state index in [1.54, 1.807) is 6.08 Å². The molecule has 0 aliphatic rings. The van der Waals surface area contributed by atoms with Crippen LogP contribution in [-0.4, -0.2) is 47.4 Å². The minimum atomic E-state index is -0.840. The molecule has 89 heavy (non-hydrogen) atoms. The molecule has 3 N–H and O–H groups in total. The van der Waals surface area contributed by atoms with Gasteiger partial charge in [-0.15, -0.1) is 0 Å². The molecule has 0 rings (SSSR count). The lowest BCUT2D eigenvalue weighted by Crippen LogP contribution is -2.45. The topological polar surface area (TPSA) is 95.9 Å². The number of carbonyl (C=O) groups is 2. The fraction of sp³-hybridized carbons (Fsp3) is 0.928. The summed E-state index contributed by atoms with van der Waals surface area (Å²) >= 11 is 0. The largest absolute Gasteiger partial charge is 0.466 e. The molecule has 0 saturated heterocycles. The van der Waals surface area contributed by atoms with Crippen LogP contribution in [0.4, 0.5) is 0 Å². The van der Waals surface area contributed by atoms with Crippen LogP contribution in [0.15, 0.2) is 24.3 Å². The Morgan fingerprint density at radius 3 is 0.798 bits per heavy atom. The highest BCUT2D eigenvalue weighted by atomic mass is 16.5. The lowest BCUT2D eigenvalue weighted by molar-refractivity contribution is -0.143. The van der Waals surface area contributed by atoms with Gasteiger partial charge in [0.2, 0.25) is 5.91 Å². The maximum absolute atomic E-state index is 12.5. The molecule has 0 radical (unpaired) electrons. The molecule has 6 heteroatoms. The van der Waals surface area contributed by atoms with E-state index in [4.69, 9.17) is 4.74 Å². The summed E-state index contributed by atoms with van der Waals surface area (Å²) in [5.41, 5.74) is 0. The highest BCUT2D eigenvalue weighted by molar-refractivity contribution is 5.76. The van der Waals surface area contributed by atoms with E-state index < -0.39 is 12.1 Å². The second-order valence-electron chi connectivity index (χ2n) is 28.5. The Bertz CT molecular complexity index is 1400. The average molecular weight is 1250 g/mol. The van der Waals surface area contributed by atoms with Crippen LogP contribution in [0.5, 0.6) is 0 Å². The summed E-state index contributed by atoms with van der Waals surface area (Å²) in [7, 11) is 0. The van der Waals surface area contributed by atoms with Crippen molar-refractivity contribution in [3.8, 4) is 0 Å². The van der Waals surface area contributed by atoms with Gasteiger partial charge in [0.25, 0.3) is 0 Å². The number of hydrogen-bond acceptors (Lipinski definition) is 5. The van der Waals surface area contributed by atoms with E-state index in [1.807, 2.05) is 6.08 Å². The van der Waals surface area contributed by atoms with E-state index in [2.05, 4.69) is 31.3 Å². The van der Waals surface area contributed by atoms with Crippen molar-refractivity contribution in [2.24, 2.45) is 0 Å². The number of allylic oxidation sites excluding steroid dienone is 3. The van der Waals surface area contributed by atoms with E-state index >= 15 is 0 Å². The van der Waals surface area contributed by atoms with Gasteiger partial charge in [0, 0.05) is 12.8 Å². The lowest BCUT2D eigenvalue weighted by Gasteiger charge is -2.20. The first-order valence-electron chi connectivity index (χ1n) is 41.1. The number of amides is 1. The molecule has 0 aromatic rings. The number of carbonyl (C=O) groups excluding carboxylic acids is 2. The number of rotatable bonds is 78. The van der Waals surface area contributed by atoms with Crippen molar-refractivity contribution in [2.75, 3.05) is 13.2 Å². The Balaban J connectivity index is 3.29. The van der Waals surface area contributed by atoms with Crippen LogP contribution in [-0.2, 0) is 14.3 Å². The van der Waals surface area contributed by atoms with E-state index in [0.29, 0.717) is 19.4 Å². The number of esters is 1. The van der Waals surface area contributed by atoms with Crippen LogP contribution in [0.2, 0.25) is 0 Å². The monoisotopic (exact) mass is 1250 g/mol. The number of unbranched alkanes of at least 4 members (excludes halogenated alkanes) is 65. The third-order valence-electron chi connectivity index (χ3n) is 19.5. The highest BCUT2D eigenvalue weighted by Gasteiger charge is 2.18. The van der Waals surface area contributed by atoms with Gasteiger partial charge in [0.05, 0.1) is 25.4 Å². The first-order valence-corrected chi connectivity index (χ1v) is 41.1. The molecule has 0 fully saturated rings. The zero-order valence-corrected chi connectivity index (χ0v) is 60.7. The lowest BCUT2D eigenvalue weighted by atomic mass is 10.0. The average Bonchev–Trinajstić information content (AvgIpc) is 3.59. The predicted octanol–water partition coefficient (Wildman–Crippen LogP) is 27.2. The molecule has 2 unspecified atom stereocenters. The van der Waals surface area contributed by atoms with Crippen LogP contribution in [0.1, 0.15) is 470 Å². The molecule has 0 aromatic carbocycles. The number of ether oxygens (including phenoxy) is 1. The molecule has 528 valence electrons. The summed E-state index contributed by atoms with van der Waals surface area (Å²) in [6.45, 7) is 4.95. The van der Waals surface area contributed by atoms with Crippen LogP contribution < -0.4 is 5.32 Å². The molecule has 2 atom stereocenters. The molecule has 0 bridgehead atoms. The Morgan fingerprint density at radius 1 is 0.303 bits per heavy atom. The minimum absolute atomic E-state index is 0.0219. The molecule has 0 saturated carbocycles. The highest BCUT2D eigenvalue weighted by Crippen LogP contribution is 2.20. The first kappa shape index (κ1) is 87.3. The Hall–Kier alpha value is -1.66. The van der Waals surface area contributed by atoms with Gasteiger partial charge in [-0.1, -0.05) is 423 Å². The van der Waals surface area contributed by atoms with E-state index in [9.17, 15) is 19.8 Å². The number of nitrogens with one attached hydrogen (secondary N) is 1. The zero-order valence-electron chi connectivity index (χ0n) is 60.7. The van der Waals surface area contributed by atoms with E-state index in [1.165, 1.54) is 405 Å². The van der Waals surface area contributed by atoms with Gasteiger partial charge in [-0.3, -0.25) is 9.59 Å². The van der Waals surface area contributed by atoms with E-state index in [0.717, 1.165) is 38.5 Å². The summed E-state index contributed by atoms with van der Waals surface area (Å²) in [6.07, 6.45) is 102. The van der Waals surface area contributed by atoms with Crippen LogP contribution in [0.3, 0.4) is 0 Å². The third-order valence-corrected chi connectivity index (χ3v) is 19.5. The fourth-order valence-electron chi connectivity index (χ4n) is 13.2. The molecule has 6 nitrogen and oxygen atoms in total. The van der Waals surface area contributed by atoms with Gasteiger partial charge in [-0.05, 0) is 57.8 Å². The van der Waals surface area contributed by atoms with Crippen molar-refractivity contribution in [3.05, 3.63) is 24.3 Å². The quantitative estimate of drug-likeness (QED) is 0.0320. The molecule has 1 amide bonds. The van der Waals surface area contributed by atoms with Gasteiger partial charge in [-0.25, -0.2) is 0 Å². The Kier molecular flexibility index (Phi) is 77.3. The fourth-order valence-corrected chi connectivity index (χ4v) is 13.2. The molecule has 0 aliphatic heterocycles. The third kappa shape index (κ3) is 75.3. The standard InChI is InChI=1S/C83H161NO5/c1-3-5-7-9-11-13-15-17-19-20-45-49-53-57-61-65-69-73-77-83(88)89-78-74-70-66-62-58-54-50-46-43-41-39-37-35-33-31-29-27-25-23-21-22-24-26-28-30-32-34-36-38-40-42-44-48-52-56-60-64-68-72-76-82(87)84-80(79-85)81(86)75-71-67-63-59-55-51-47-18-16-14-12-10-8-6-4-2/h19-20,71,75,80-81,85-86H,3-18,21-70,72-74,76-79H2,1-2H3,(H,84,87)/b20-19-,75-71+. The van der Waals surface area contributed by atoms with Gasteiger partial charge >= 0.3 is 5.97 Å². The predicted molar refractivity (Wildman–Crippen MR) is 393 cm³/mol. The first-order chi connectivity index (χ1) is 44.0. The molecular weight excluding hydrogens is 1090 g/mol. The van der Waals surface area contributed by atoms with Gasteiger partial charge in [0.15, 0.2) is 0 Å². The summed E-state index contributed by atoms with van der Waals surface area (Å²) in [6, 6.07) is -0.623. The van der Waals surface area contributed by atoms with Crippen molar-refractivity contribution in [1.29, 1.82) is 0 Å². The van der Waals surface area contributed by atoms with Crippen molar-refractivity contribution in [1.82, 2.24) is 5.32 Å². The Morgan fingerprint density at radius 2 is 0.528 bits per heavy atom. The van der Waals surface area contributed by atoms with Gasteiger partial charge in [0.1, 0.15) is 0 Å². The number of aliphatic hydroxyl groups is 2. The van der Waals surface area contributed by atoms with Crippen molar-refractivity contribution in [2.45, 2.75) is 482 Å². The summed E-state index contributed by atoms with van der Waals surface area (Å²) < 4.78 is 5.52. The van der Waals surface area contributed by atoms with E-state index in [-0.39, 0.29) is 18.5 Å². The molecule has 0 aromatic heterocycles. The summed E-state index contributed by atoms with van der Waals surface area (Å²) in [4.78, 5) is 24.6. The second kappa shape index (κ2) is 78.8. The summed E-state index contributed by atoms with van der Waals surface area (Å²) in [5, 5.41) is 23.2. The van der Waals surface area contributed by atoms with Crippen LogP contribution in [0.25, 0.3) is 0 Å². The Labute approximate surface area is 558 Å². The SMILES string of the molecule is CCCCCCCCC/C=C\CCCCCCCCCC(=O)OCCCCCCCCCCCCCCCCCCCCCCCCCCCCCCCCCCCCCCCCCC(=O)NC(CO)C(O)/C=C/CCCCCCCCCCCCCCC. The van der Waals surface area contributed by atoms with Crippen molar-refractivity contribution >= 4 is 11.9 Å². The zero-order chi connectivity index (χ0) is 64.2. The maximum atomic E-state index is 12.5. The van der Waals surface area contributed by atoms with Gasteiger partial charge < -0.3 is 20.3 Å². The number of hydrogen-bond donors (Lipinski definition) is 3. The van der Waals surface area contributed by atoms with Crippen molar-refractivity contribution < 1.29 is 24.5 Å². The van der Waals surface area contributed by atoms with Crippen molar-refractivity contribution in [3.63, 3.8) is 0 Å². The molecule has 0 aliphatic carbocycles. The maximum Gasteiger partial charge on any atom is 0.305 e. The molecule has 0 heterocycles.